The molecule has 3 heterocycles. The number of anilines is 2. The third kappa shape index (κ3) is 4.69. The van der Waals surface area contributed by atoms with Gasteiger partial charge in [-0.15, -0.1) is 0 Å². The minimum Gasteiger partial charge on any atom is -0.388 e. The second kappa shape index (κ2) is 9.58. The van der Waals surface area contributed by atoms with E-state index >= 15 is 0 Å². The summed E-state index contributed by atoms with van der Waals surface area (Å²) in [5.41, 5.74) is 5.00. The SMILES string of the molecule is Cc1nn(-c2cc(Nc3c(C)c(-c4ccc(C(F)F)cc4)nn3CC3CC3)ncn2)c(C)c1[C@H](O)C1CC1. The van der Waals surface area contributed by atoms with Crippen molar-refractivity contribution in [2.24, 2.45) is 11.8 Å². The molecule has 198 valence electrons. The first kappa shape index (κ1) is 24.7. The number of nitrogens with one attached hydrogen (secondary N) is 1. The topological polar surface area (TPSA) is 93.7 Å². The van der Waals surface area contributed by atoms with Crippen LogP contribution in [0.25, 0.3) is 17.1 Å². The van der Waals surface area contributed by atoms with E-state index in [-0.39, 0.29) is 5.56 Å². The zero-order valence-corrected chi connectivity index (χ0v) is 21.7. The van der Waals surface area contributed by atoms with Gasteiger partial charge in [0.05, 0.1) is 17.5 Å². The van der Waals surface area contributed by atoms with Crippen molar-refractivity contribution in [1.82, 2.24) is 29.5 Å². The minimum absolute atomic E-state index is 0.00682. The van der Waals surface area contributed by atoms with E-state index in [0.717, 1.165) is 59.0 Å². The van der Waals surface area contributed by atoms with E-state index in [1.54, 1.807) is 16.8 Å². The predicted molar refractivity (Wildman–Crippen MR) is 140 cm³/mol. The lowest BCUT2D eigenvalue weighted by atomic mass is 10.0. The Morgan fingerprint density at radius 2 is 1.76 bits per heavy atom. The van der Waals surface area contributed by atoms with Crippen LogP contribution in [0.1, 0.15) is 66.3 Å². The fraction of sp³-hybridized carbons (Fsp3) is 0.429. The molecule has 6 rings (SSSR count). The normalized spacial score (nSPS) is 16.3. The average Bonchev–Trinajstić information content (AvgIpc) is 3.83. The molecule has 0 amide bonds. The van der Waals surface area contributed by atoms with Crippen LogP contribution in [0.15, 0.2) is 36.7 Å². The fourth-order valence-corrected chi connectivity index (χ4v) is 5.05. The van der Waals surface area contributed by atoms with Crippen LogP contribution >= 0.6 is 0 Å². The zero-order chi connectivity index (χ0) is 26.6. The van der Waals surface area contributed by atoms with E-state index in [1.165, 1.54) is 31.3 Å². The number of alkyl halides is 2. The first-order chi connectivity index (χ1) is 18.3. The second-order valence-corrected chi connectivity index (χ2v) is 10.5. The Kier molecular flexibility index (Phi) is 6.22. The first-order valence-electron chi connectivity index (χ1n) is 13.1. The monoisotopic (exact) mass is 519 g/mol. The summed E-state index contributed by atoms with van der Waals surface area (Å²) in [6.07, 6.45) is 2.90. The summed E-state index contributed by atoms with van der Waals surface area (Å²) in [6, 6.07) is 8.12. The number of rotatable bonds is 9. The van der Waals surface area contributed by atoms with Crippen molar-refractivity contribution in [3.8, 4) is 17.1 Å². The number of halogens is 2. The van der Waals surface area contributed by atoms with Gasteiger partial charge in [0, 0.05) is 40.6 Å². The van der Waals surface area contributed by atoms with Crippen molar-refractivity contribution in [3.63, 3.8) is 0 Å². The van der Waals surface area contributed by atoms with Crippen LogP contribution < -0.4 is 5.32 Å². The summed E-state index contributed by atoms with van der Waals surface area (Å²) in [5, 5.41) is 23.7. The van der Waals surface area contributed by atoms with E-state index in [0.29, 0.717) is 23.5 Å². The largest absolute Gasteiger partial charge is 0.388 e. The van der Waals surface area contributed by atoms with Crippen molar-refractivity contribution < 1.29 is 13.9 Å². The van der Waals surface area contributed by atoms with Crippen LogP contribution in [-0.4, -0.2) is 34.6 Å². The number of aliphatic hydroxyl groups excluding tert-OH is 1. The van der Waals surface area contributed by atoms with E-state index in [4.69, 9.17) is 5.10 Å². The summed E-state index contributed by atoms with van der Waals surface area (Å²) in [4.78, 5) is 8.89. The molecule has 2 fully saturated rings. The van der Waals surface area contributed by atoms with Crippen LogP contribution in [-0.2, 0) is 6.54 Å². The molecular formula is C28H31F2N7O. The minimum atomic E-state index is -2.50. The van der Waals surface area contributed by atoms with Gasteiger partial charge in [-0.25, -0.2) is 28.1 Å². The summed E-state index contributed by atoms with van der Waals surface area (Å²) in [5.74, 6) is 2.89. The fourth-order valence-electron chi connectivity index (χ4n) is 5.05. The highest BCUT2D eigenvalue weighted by atomic mass is 19.3. The third-order valence-corrected chi connectivity index (χ3v) is 7.58. The maximum atomic E-state index is 13.1. The summed E-state index contributed by atoms with van der Waals surface area (Å²) in [7, 11) is 0. The molecule has 1 aromatic carbocycles. The predicted octanol–water partition coefficient (Wildman–Crippen LogP) is 5.99. The van der Waals surface area contributed by atoms with Gasteiger partial charge in [-0.3, -0.25) is 0 Å². The lowest BCUT2D eigenvalue weighted by Gasteiger charge is -2.12. The van der Waals surface area contributed by atoms with Gasteiger partial charge in [0.25, 0.3) is 6.43 Å². The summed E-state index contributed by atoms with van der Waals surface area (Å²) < 4.78 is 29.8. The van der Waals surface area contributed by atoms with Crippen molar-refractivity contribution in [2.75, 3.05) is 5.32 Å². The van der Waals surface area contributed by atoms with Crippen LogP contribution in [0.3, 0.4) is 0 Å². The van der Waals surface area contributed by atoms with Crippen LogP contribution in [0.5, 0.6) is 0 Å². The second-order valence-electron chi connectivity index (χ2n) is 10.5. The molecule has 2 N–H and O–H groups in total. The molecule has 10 heteroatoms. The number of nitrogens with zero attached hydrogens (tertiary/aromatic N) is 6. The van der Waals surface area contributed by atoms with Crippen molar-refractivity contribution in [1.29, 1.82) is 0 Å². The highest BCUT2D eigenvalue weighted by Crippen LogP contribution is 2.43. The van der Waals surface area contributed by atoms with Crippen molar-refractivity contribution in [2.45, 2.75) is 65.5 Å². The van der Waals surface area contributed by atoms with Gasteiger partial charge < -0.3 is 10.4 Å². The van der Waals surface area contributed by atoms with Gasteiger partial charge in [0.2, 0.25) is 0 Å². The Morgan fingerprint density at radius 3 is 2.42 bits per heavy atom. The Hall–Kier alpha value is -3.66. The quantitative estimate of drug-likeness (QED) is 0.282. The summed E-state index contributed by atoms with van der Waals surface area (Å²) >= 11 is 0. The van der Waals surface area contributed by atoms with Crippen molar-refractivity contribution in [3.05, 3.63) is 64.7 Å². The Balaban J connectivity index is 1.32. The van der Waals surface area contributed by atoms with E-state index in [9.17, 15) is 13.9 Å². The van der Waals surface area contributed by atoms with Gasteiger partial charge in [0.15, 0.2) is 5.82 Å². The Bertz CT molecular complexity index is 1470. The van der Waals surface area contributed by atoms with Gasteiger partial charge in [-0.2, -0.15) is 10.2 Å². The molecule has 0 saturated heterocycles. The molecule has 2 aliphatic carbocycles. The van der Waals surface area contributed by atoms with Crippen LogP contribution in [0.2, 0.25) is 0 Å². The number of benzene rings is 1. The highest BCUT2D eigenvalue weighted by Gasteiger charge is 2.34. The lowest BCUT2D eigenvalue weighted by molar-refractivity contribution is 0.151. The van der Waals surface area contributed by atoms with E-state index in [2.05, 4.69) is 20.4 Å². The standard InChI is InChI=1S/C28H31F2N7O/c1-15-25(19-6-10-21(11-7-19)27(29)30)35-36(13-18-4-5-18)28(15)33-22-12-23(32-14-31-22)37-17(3)24(16(2)34-37)26(38)20-8-9-20/h6-7,10-12,14,18,20,26-27,38H,4-5,8-9,13H2,1-3H3,(H,31,32,33)/t26-/m1/s1. The van der Waals surface area contributed by atoms with Gasteiger partial charge in [-0.1, -0.05) is 24.3 Å². The van der Waals surface area contributed by atoms with Gasteiger partial charge in [0.1, 0.15) is 18.0 Å². The summed E-state index contributed by atoms with van der Waals surface area (Å²) in [6.45, 7) is 6.62. The Labute approximate surface area is 219 Å². The molecule has 0 radical (unpaired) electrons. The van der Waals surface area contributed by atoms with Gasteiger partial charge in [-0.05, 0) is 58.3 Å². The molecule has 2 aliphatic rings. The number of aryl methyl sites for hydroxylation is 1. The van der Waals surface area contributed by atoms with Crippen molar-refractivity contribution >= 4 is 11.6 Å². The highest BCUT2D eigenvalue weighted by molar-refractivity contribution is 5.71. The molecule has 8 nitrogen and oxygen atoms in total. The molecule has 2 saturated carbocycles. The van der Waals surface area contributed by atoms with Crippen LogP contribution in [0.4, 0.5) is 20.4 Å². The number of hydrogen-bond acceptors (Lipinski definition) is 6. The maximum absolute atomic E-state index is 13.1. The Morgan fingerprint density at radius 1 is 1.03 bits per heavy atom. The lowest BCUT2D eigenvalue weighted by Crippen LogP contribution is -2.09. The molecule has 38 heavy (non-hydrogen) atoms. The third-order valence-electron chi connectivity index (χ3n) is 7.58. The number of hydrogen-bond donors (Lipinski definition) is 2. The van der Waals surface area contributed by atoms with E-state index in [1.807, 2.05) is 31.5 Å². The first-order valence-corrected chi connectivity index (χ1v) is 13.1. The molecule has 0 aliphatic heterocycles. The number of aliphatic hydroxyl groups is 1. The molecule has 0 spiro atoms. The molecule has 0 bridgehead atoms. The average molecular weight is 520 g/mol. The molecule has 0 unspecified atom stereocenters. The molecule has 4 aromatic rings. The maximum Gasteiger partial charge on any atom is 0.263 e. The van der Waals surface area contributed by atoms with Gasteiger partial charge >= 0.3 is 0 Å². The molecule has 1 atom stereocenters. The zero-order valence-electron chi connectivity index (χ0n) is 21.7. The van der Waals surface area contributed by atoms with E-state index < -0.39 is 12.5 Å². The smallest absolute Gasteiger partial charge is 0.263 e. The molecule has 3 aromatic heterocycles. The number of aromatic nitrogens is 6. The van der Waals surface area contributed by atoms with Crippen LogP contribution in [0, 0.1) is 32.6 Å². The molecular weight excluding hydrogens is 488 g/mol.